The third-order valence-electron chi connectivity index (χ3n) is 10.6. The van der Waals surface area contributed by atoms with Crippen molar-refractivity contribution in [2.24, 2.45) is 0 Å². The molecule has 2 N–H and O–H groups in total. The van der Waals surface area contributed by atoms with Gasteiger partial charge in [0, 0.05) is 11.4 Å². The van der Waals surface area contributed by atoms with Crippen LogP contribution in [0, 0.1) is 0 Å². The summed E-state index contributed by atoms with van der Waals surface area (Å²) in [5.41, 5.74) is 16.7. The highest BCUT2D eigenvalue weighted by atomic mass is 15.3. The van der Waals surface area contributed by atoms with Crippen LogP contribution >= 0.6 is 0 Å². The molecule has 0 saturated carbocycles. The Hall–Kier alpha value is -5.54. The van der Waals surface area contributed by atoms with Gasteiger partial charge in [0.05, 0.1) is 22.8 Å². The molecule has 3 heterocycles. The smallest absolute Gasteiger partial charge is 0.130 e. The van der Waals surface area contributed by atoms with Crippen LogP contribution in [0.1, 0.15) is 66.1 Å². The molecule has 0 bridgehead atoms. The molecular formula is C45H39N3. The number of rotatable bonds is 3. The van der Waals surface area contributed by atoms with E-state index in [-0.39, 0.29) is 17.6 Å². The van der Waals surface area contributed by atoms with Crippen LogP contribution in [0.25, 0.3) is 11.3 Å². The lowest BCUT2D eigenvalue weighted by Crippen LogP contribution is -2.42. The number of allylic oxidation sites excluding steroid dienone is 4. The van der Waals surface area contributed by atoms with Gasteiger partial charge in [-0.15, -0.1) is 0 Å². The van der Waals surface area contributed by atoms with Crippen molar-refractivity contribution < 1.29 is 0 Å². The Morgan fingerprint density at radius 1 is 0.688 bits per heavy atom. The van der Waals surface area contributed by atoms with Gasteiger partial charge in [-0.1, -0.05) is 147 Å². The predicted molar refractivity (Wildman–Crippen MR) is 200 cm³/mol. The number of nitrogens with one attached hydrogen (secondary N) is 2. The highest BCUT2D eigenvalue weighted by molar-refractivity contribution is 5.99. The molecule has 10 rings (SSSR count). The van der Waals surface area contributed by atoms with Gasteiger partial charge in [-0.05, 0) is 81.2 Å². The number of anilines is 3. The van der Waals surface area contributed by atoms with Crippen molar-refractivity contribution in [3.05, 3.63) is 196 Å². The molecule has 234 valence electrons. The van der Waals surface area contributed by atoms with E-state index >= 15 is 0 Å². The second-order valence-corrected chi connectivity index (χ2v) is 12.9. The highest BCUT2D eigenvalue weighted by Crippen LogP contribution is 2.65. The third-order valence-corrected chi connectivity index (χ3v) is 10.6. The van der Waals surface area contributed by atoms with E-state index < -0.39 is 0 Å². The van der Waals surface area contributed by atoms with Crippen molar-refractivity contribution in [2.75, 3.05) is 10.2 Å². The Balaban J connectivity index is 0.00000154. The zero-order valence-corrected chi connectivity index (χ0v) is 27.4. The lowest BCUT2D eigenvalue weighted by atomic mass is 9.63. The van der Waals surface area contributed by atoms with E-state index in [0.717, 1.165) is 18.5 Å². The zero-order valence-electron chi connectivity index (χ0n) is 27.4. The first-order valence-corrected chi connectivity index (χ1v) is 17.4. The van der Waals surface area contributed by atoms with Gasteiger partial charge in [0.25, 0.3) is 0 Å². The summed E-state index contributed by atoms with van der Waals surface area (Å²) in [6.07, 6.45) is 11.7. The van der Waals surface area contributed by atoms with Crippen LogP contribution in [-0.2, 0) is 5.41 Å². The molecule has 3 unspecified atom stereocenters. The first-order chi connectivity index (χ1) is 23.8. The zero-order chi connectivity index (χ0) is 32.2. The van der Waals surface area contributed by atoms with Crippen LogP contribution in [0.3, 0.4) is 0 Å². The summed E-state index contributed by atoms with van der Waals surface area (Å²) in [5, 5.41) is 7.87. The molecule has 5 aromatic carbocycles. The van der Waals surface area contributed by atoms with Crippen molar-refractivity contribution in [2.45, 2.75) is 44.3 Å². The number of hydrogen-bond donors (Lipinski definition) is 2. The number of para-hydroxylation sites is 2. The first-order valence-electron chi connectivity index (χ1n) is 17.4. The monoisotopic (exact) mass is 621 g/mol. The Morgan fingerprint density at radius 3 is 2.23 bits per heavy atom. The molecule has 3 aliphatic heterocycles. The third kappa shape index (κ3) is 4.00. The second kappa shape index (κ2) is 11.3. The minimum absolute atomic E-state index is 0.0505. The van der Waals surface area contributed by atoms with Gasteiger partial charge in [-0.3, -0.25) is 0 Å². The fourth-order valence-corrected chi connectivity index (χ4v) is 8.75. The molecule has 48 heavy (non-hydrogen) atoms. The minimum atomic E-state index is -0.349. The number of nitrogens with zero attached hydrogens (tertiary/aromatic N) is 1. The van der Waals surface area contributed by atoms with E-state index in [1.54, 1.807) is 0 Å². The van der Waals surface area contributed by atoms with Crippen molar-refractivity contribution in [1.29, 1.82) is 0 Å². The molecule has 0 aromatic heterocycles. The molecule has 0 saturated heterocycles. The Bertz CT molecular complexity index is 2170. The lowest BCUT2D eigenvalue weighted by molar-refractivity contribution is 0.711. The molecule has 5 aliphatic rings. The van der Waals surface area contributed by atoms with Gasteiger partial charge in [0.15, 0.2) is 0 Å². The standard InChI is InChI=1S/C43H33N3.C2H6/c1-3-14-28(15-4-1)38-26-30(27-39(44-38)29-16-5-2-6-17-29)42-45-37-24-13-23-36-41(37)46(42)40-25-12-11-22-35(40)43(36)33-20-9-7-18-31(33)32-19-8-10-21-34(32)43;1-2/h1-7,9-18,20-27,38,42,44-45H,8,19H2;1-2H3. The normalized spacial score (nSPS) is 22.2. The highest BCUT2D eigenvalue weighted by Gasteiger charge is 2.54. The molecule has 0 amide bonds. The summed E-state index contributed by atoms with van der Waals surface area (Å²) < 4.78 is 0. The van der Waals surface area contributed by atoms with Gasteiger partial charge in [-0.2, -0.15) is 0 Å². The summed E-state index contributed by atoms with van der Waals surface area (Å²) in [4.78, 5) is 2.58. The number of fused-ring (bicyclic) bond motifs is 8. The van der Waals surface area contributed by atoms with E-state index in [1.807, 2.05) is 13.8 Å². The quantitative estimate of drug-likeness (QED) is 0.210. The molecule has 0 fully saturated rings. The van der Waals surface area contributed by atoms with E-state index in [2.05, 4.69) is 167 Å². The van der Waals surface area contributed by atoms with E-state index in [1.165, 1.54) is 67.2 Å². The Morgan fingerprint density at radius 2 is 1.40 bits per heavy atom. The van der Waals surface area contributed by atoms with Gasteiger partial charge in [-0.25, -0.2) is 0 Å². The molecule has 2 aliphatic carbocycles. The van der Waals surface area contributed by atoms with Crippen molar-refractivity contribution in [3.8, 4) is 0 Å². The molecular weight excluding hydrogens is 583 g/mol. The van der Waals surface area contributed by atoms with Crippen LogP contribution < -0.4 is 15.5 Å². The summed E-state index contributed by atoms with van der Waals surface area (Å²) in [6.45, 7) is 4.00. The number of dihydropyridines is 1. The van der Waals surface area contributed by atoms with Gasteiger partial charge < -0.3 is 15.5 Å². The van der Waals surface area contributed by atoms with Gasteiger partial charge in [0.1, 0.15) is 6.17 Å². The number of benzene rings is 5. The lowest BCUT2D eigenvalue weighted by Gasteiger charge is -2.45. The van der Waals surface area contributed by atoms with Gasteiger partial charge in [0.2, 0.25) is 0 Å². The van der Waals surface area contributed by atoms with Crippen molar-refractivity contribution in [1.82, 2.24) is 5.32 Å². The molecule has 3 nitrogen and oxygen atoms in total. The SMILES string of the molecule is C1=CC2=C(CC1)c1ccccc1C21c2ccccc2N2c3c(cccc31)NC2C1=CC(c2ccccc2)NC(c2ccccc2)=C1.CC. The van der Waals surface area contributed by atoms with Crippen LogP contribution in [0.15, 0.2) is 163 Å². The Kier molecular flexibility index (Phi) is 6.76. The molecule has 3 heteroatoms. The summed E-state index contributed by atoms with van der Waals surface area (Å²) in [6, 6.07) is 46.7. The summed E-state index contributed by atoms with van der Waals surface area (Å²) >= 11 is 0. The first kappa shape index (κ1) is 28.7. The molecule has 5 aromatic rings. The minimum Gasteiger partial charge on any atom is -0.374 e. The maximum atomic E-state index is 4.02. The van der Waals surface area contributed by atoms with Gasteiger partial charge >= 0.3 is 0 Å². The van der Waals surface area contributed by atoms with Crippen LogP contribution in [0.4, 0.5) is 17.1 Å². The maximum absolute atomic E-state index is 4.02. The Labute approximate surface area is 283 Å². The predicted octanol–water partition coefficient (Wildman–Crippen LogP) is 10.7. The summed E-state index contributed by atoms with van der Waals surface area (Å²) in [7, 11) is 0. The average molecular weight is 622 g/mol. The van der Waals surface area contributed by atoms with Crippen LogP contribution in [-0.4, -0.2) is 6.17 Å². The largest absolute Gasteiger partial charge is 0.374 e. The topological polar surface area (TPSA) is 27.3 Å². The van der Waals surface area contributed by atoms with Crippen molar-refractivity contribution in [3.63, 3.8) is 0 Å². The second-order valence-electron chi connectivity index (χ2n) is 12.9. The van der Waals surface area contributed by atoms with Crippen molar-refractivity contribution >= 4 is 28.3 Å². The van der Waals surface area contributed by atoms with Crippen LogP contribution in [0.5, 0.6) is 0 Å². The number of hydrogen-bond acceptors (Lipinski definition) is 3. The summed E-state index contributed by atoms with van der Waals surface area (Å²) in [5.74, 6) is 0. The fourth-order valence-electron chi connectivity index (χ4n) is 8.75. The fraction of sp³-hybridized carbons (Fsp3) is 0.156. The van der Waals surface area contributed by atoms with E-state index in [9.17, 15) is 0 Å². The average Bonchev–Trinajstić information content (AvgIpc) is 3.71. The molecule has 3 atom stereocenters. The van der Waals surface area contributed by atoms with E-state index in [0.29, 0.717) is 0 Å². The molecule has 0 radical (unpaired) electrons. The van der Waals surface area contributed by atoms with Crippen LogP contribution in [0.2, 0.25) is 0 Å². The van der Waals surface area contributed by atoms with E-state index in [4.69, 9.17) is 0 Å². The maximum Gasteiger partial charge on any atom is 0.130 e. The molecule has 1 spiro atoms.